The van der Waals surface area contributed by atoms with E-state index in [2.05, 4.69) is 17.1 Å². The first-order chi connectivity index (χ1) is 9.10. The van der Waals surface area contributed by atoms with Gasteiger partial charge in [0.25, 0.3) is 5.91 Å². The van der Waals surface area contributed by atoms with Crippen molar-refractivity contribution in [3.8, 4) is 0 Å². The fourth-order valence-electron chi connectivity index (χ4n) is 2.51. The summed E-state index contributed by atoms with van der Waals surface area (Å²) in [5.41, 5.74) is 2.18. The molecule has 1 heterocycles. The third kappa shape index (κ3) is 2.30. The molecule has 2 aliphatic rings. The van der Waals surface area contributed by atoms with Crippen molar-refractivity contribution in [1.82, 2.24) is 0 Å². The van der Waals surface area contributed by atoms with Crippen molar-refractivity contribution in [1.29, 1.82) is 0 Å². The third-order valence-corrected chi connectivity index (χ3v) is 4.12. The van der Waals surface area contributed by atoms with Crippen LogP contribution in [0.2, 0.25) is 5.02 Å². The smallest absolute Gasteiger partial charge is 0.257 e. The molecule has 1 atom stereocenters. The molecule has 1 aliphatic carbocycles. The third-order valence-electron chi connectivity index (χ3n) is 3.82. The van der Waals surface area contributed by atoms with Crippen molar-refractivity contribution in [3.63, 3.8) is 0 Å². The van der Waals surface area contributed by atoms with Crippen LogP contribution in [-0.4, -0.2) is 24.1 Å². The molecule has 1 unspecified atom stereocenters. The van der Waals surface area contributed by atoms with Gasteiger partial charge in [-0.25, -0.2) is 0 Å². The second-order valence-corrected chi connectivity index (χ2v) is 5.67. The minimum absolute atomic E-state index is 0.381. The second-order valence-electron chi connectivity index (χ2n) is 5.26. The van der Waals surface area contributed by atoms with Crippen LogP contribution in [0.3, 0.4) is 0 Å². The van der Waals surface area contributed by atoms with Crippen LogP contribution in [0.5, 0.6) is 0 Å². The van der Waals surface area contributed by atoms with Crippen molar-refractivity contribution in [2.75, 3.05) is 23.3 Å². The molecule has 1 aliphatic heterocycles. The number of nitrogens with one attached hydrogen (secondary N) is 1. The molecular weight excluding hydrogens is 264 g/mol. The van der Waals surface area contributed by atoms with E-state index in [1.807, 2.05) is 6.07 Å². The lowest BCUT2D eigenvalue weighted by Crippen LogP contribution is -2.25. The van der Waals surface area contributed by atoms with E-state index in [1.165, 1.54) is 12.8 Å². The van der Waals surface area contributed by atoms with Crippen molar-refractivity contribution in [2.45, 2.75) is 25.9 Å². The predicted octanol–water partition coefficient (Wildman–Crippen LogP) is 2.56. The molecule has 1 aromatic carbocycles. The second kappa shape index (κ2) is 4.69. The molecule has 19 heavy (non-hydrogen) atoms. The topological polar surface area (TPSA) is 52.6 Å². The van der Waals surface area contributed by atoms with Crippen LogP contribution in [0.25, 0.3) is 0 Å². The van der Waals surface area contributed by atoms with E-state index in [4.69, 9.17) is 11.6 Å². The minimum Gasteiger partial charge on any atom is -0.378 e. The van der Waals surface area contributed by atoms with Crippen LogP contribution in [0.15, 0.2) is 12.1 Å². The fraction of sp³-hybridized carbons (Fsp3) is 0.500. The summed E-state index contributed by atoms with van der Waals surface area (Å²) in [6, 6.07) is 3.57. The molecule has 1 fully saturated rings. The average molecular weight is 281 g/mol. The molecule has 4 nitrogen and oxygen atoms in total. The maximum atomic E-state index is 11.5. The molecular formula is C14H17ClN2O2. The Kier molecular flexibility index (Phi) is 3.15. The lowest BCUT2D eigenvalue weighted by Gasteiger charge is -2.25. The quantitative estimate of drug-likeness (QED) is 0.891. The Morgan fingerprint density at radius 3 is 2.84 bits per heavy atom. The molecule has 2 N–H and O–H groups in total. The summed E-state index contributed by atoms with van der Waals surface area (Å²) < 4.78 is 0. The van der Waals surface area contributed by atoms with Crippen molar-refractivity contribution in [3.05, 3.63) is 22.7 Å². The van der Waals surface area contributed by atoms with E-state index in [0.717, 1.165) is 24.7 Å². The average Bonchev–Trinajstić information content (AvgIpc) is 3.16. The molecule has 0 aromatic heterocycles. The highest BCUT2D eigenvalue weighted by Crippen LogP contribution is 2.40. The number of halogens is 1. The molecule has 0 spiro atoms. The molecule has 1 aromatic rings. The predicted molar refractivity (Wildman–Crippen MR) is 75.7 cm³/mol. The Labute approximate surface area is 117 Å². The molecule has 0 bridgehead atoms. The maximum absolute atomic E-state index is 11.5. The zero-order chi connectivity index (χ0) is 13.6. The van der Waals surface area contributed by atoms with E-state index < -0.39 is 6.10 Å². The van der Waals surface area contributed by atoms with Crippen LogP contribution in [0.4, 0.5) is 11.4 Å². The monoisotopic (exact) mass is 280 g/mol. The zero-order valence-corrected chi connectivity index (χ0v) is 11.6. The van der Waals surface area contributed by atoms with Gasteiger partial charge in [-0.2, -0.15) is 0 Å². The molecule has 5 heteroatoms. The molecule has 3 rings (SSSR count). The number of benzene rings is 1. The van der Waals surface area contributed by atoms with E-state index in [0.29, 0.717) is 16.3 Å². The van der Waals surface area contributed by atoms with Gasteiger partial charge < -0.3 is 15.3 Å². The van der Waals surface area contributed by atoms with Gasteiger partial charge in [0, 0.05) is 24.3 Å². The van der Waals surface area contributed by atoms with Gasteiger partial charge in [0.2, 0.25) is 0 Å². The number of nitrogens with zero attached hydrogens (tertiary/aromatic N) is 1. The Morgan fingerprint density at radius 1 is 1.47 bits per heavy atom. The minimum atomic E-state index is -1.10. The van der Waals surface area contributed by atoms with Gasteiger partial charge in [-0.15, -0.1) is 0 Å². The van der Waals surface area contributed by atoms with Gasteiger partial charge in [0.15, 0.2) is 6.10 Å². The van der Waals surface area contributed by atoms with Gasteiger partial charge >= 0.3 is 0 Å². The summed E-state index contributed by atoms with van der Waals surface area (Å²) in [5, 5.41) is 13.0. The van der Waals surface area contributed by atoms with E-state index in [1.54, 1.807) is 6.07 Å². The zero-order valence-electron chi connectivity index (χ0n) is 10.8. The highest BCUT2D eigenvalue weighted by Gasteiger charge is 2.31. The number of amides is 1. The van der Waals surface area contributed by atoms with Crippen LogP contribution >= 0.6 is 11.6 Å². The van der Waals surface area contributed by atoms with Gasteiger partial charge in [0.1, 0.15) is 0 Å². The SMILES string of the molecule is CCN(CC1CC1)c1cc2c(cc1Cl)C(O)C(=O)N2. The van der Waals surface area contributed by atoms with Crippen molar-refractivity contribution >= 4 is 28.9 Å². The van der Waals surface area contributed by atoms with E-state index in [-0.39, 0.29) is 5.91 Å². The lowest BCUT2D eigenvalue weighted by atomic mass is 10.1. The summed E-state index contributed by atoms with van der Waals surface area (Å²) >= 11 is 6.31. The lowest BCUT2D eigenvalue weighted by molar-refractivity contribution is -0.123. The van der Waals surface area contributed by atoms with E-state index >= 15 is 0 Å². The van der Waals surface area contributed by atoms with Crippen LogP contribution < -0.4 is 10.2 Å². The highest BCUT2D eigenvalue weighted by molar-refractivity contribution is 6.33. The Balaban J connectivity index is 1.93. The fourth-order valence-corrected chi connectivity index (χ4v) is 2.80. The Bertz CT molecular complexity index is 528. The number of anilines is 2. The molecule has 1 amide bonds. The highest BCUT2D eigenvalue weighted by atomic mass is 35.5. The molecule has 0 radical (unpaired) electrons. The first-order valence-corrected chi connectivity index (χ1v) is 7.05. The van der Waals surface area contributed by atoms with Gasteiger partial charge in [-0.1, -0.05) is 11.6 Å². The number of rotatable bonds is 4. The maximum Gasteiger partial charge on any atom is 0.257 e. The Hall–Kier alpha value is -1.26. The number of hydrogen-bond acceptors (Lipinski definition) is 3. The van der Waals surface area contributed by atoms with Gasteiger partial charge in [-0.3, -0.25) is 4.79 Å². The number of aliphatic hydroxyl groups is 1. The first-order valence-electron chi connectivity index (χ1n) is 6.67. The number of aliphatic hydroxyl groups excluding tert-OH is 1. The van der Waals surface area contributed by atoms with Crippen LogP contribution in [0.1, 0.15) is 31.4 Å². The molecule has 0 saturated heterocycles. The van der Waals surface area contributed by atoms with Gasteiger partial charge in [-0.05, 0) is 37.8 Å². The number of carbonyl (C=O) groups is 1. The number of fused-ring (bicyclic) bond motifs is 1. The summed E-state index contributed by atoms with van der Waals surface area (Å²) in [6.45, 7) is 3.98. The standard InChI is InChI=1S/C14H17ClN2O2/c1-2-17(7-8-3-4-8)12-6-11-9(5-10(12)15)13(18)14(19)16-11/h5-6,8,13,18H,2-4,7H2,1H3,(H,16,19). The summed E-state index contributed by atoms with van der Waals surface area (Å²) in [7, 11) is 0. The molecule has 102 valence electrons. The normalized spacial score (nSPS) is 21.2. The number of hydrogen-bond donors (Lipinski definition) is 2. The van der Waals surface area contributed by atoms with E-state index in [9.17, 15) is 9.90 Å². The van der Waals surface area contributed by atoms with Crippen LogP contribution in [-0.2, 0) is 4.79 Å². The van der Waals surface area contributed by atoms with Crippen molar-refractivity contribution < 1.29 is 9.90 Å². The van der Waals surface area contributed by atoms with Gasteiger partial charge in [0.05, 0.1) is 10.7 Å². The summed E-state index contributed by atoms with van der Waals surface area (Å²) in [5.74, 6) is 0.387. The summed E-state index contributed by atoms with van der Waals surface area (Å²) in [6.07, 6.45) is 1.48. The Morgan fingerprint density at radius 2 is 2.21 bits per heavy atom. The summed E-state index contributed by atoms with van der Waals surface area (Å²) in [4.78, 5) is 13.7. The first kappa shape index (κ1) is 12.8. The van der Waals surface area contributed by atoms with Crippen molar-refractivity contribution in [2.24, 2.45) is 5.92 Å². The van der Waals surface area contributed by atoms with Crippen LogP contribution in [0, 0.1) is 5.92 Å². The largest absolute Gasteiger partial charge is 0.378 e. The number of carbonyl (C=O) groups excluding carboxylic acids is 1. The molecule has 1 saturated carbocycles.